The Labute approximate surface area is 64.1 Å². The summed E-state index contributed by atoms with van der Waals surface area (Å²) < 4.78 is 49.3. The van der Waals surface area contributed by atoms with Gasteiger partial charge in [0.15, 0.2) is 16.6 Å². The van der Waals surface area contributed by atoms with Crippen molar-refractivity contribution in [3.8, 4) is 0 Å². The van der Waals surface area contributed by atoms with E-state index >= 15 is 0 Å². The summed E-state index contributed by atoms with van der Waals surface area (Å²) >= 11 is 0. The minimum atomic E-state index is -1.73. The maximum atomic E-state index is 12.4. The smallest absolute Gasteiger partial charge is 0.203 e. The lowest BCUT2D eigenvalue weighted by molar-refractivity contribution is 0.460. The highest BCUT2D eigenvalue weighted by atomic mass is 19.2. The van der Waals surface area contributed by atoms with Gasteiger partial charge in [-0.05, 0) is 0 Å². The zero-order valence-corrected chi connectivity index (χ0v) is 5.48. The molecule has 0 heterocycles. The topological polar surface area (TPSA) is 28.1 Å². The van der Waals surface area contributed by atoms with Crippen molar-refractivity contribution in [2.75, 3.05) is 0 Å². The number of nitrogens with zero attached hydrogens (tertiary/aromatic N) is 2. The Morgan fingerprint density at radius 2 is 1.42 bits per heavy atom. The standard InChI is InChI=1S/C6HF4N2/c7-2-1-3(8)5(10)6(12-11)4(2)9/h1H/q+1. The average Bonchev–Trinajstić information content (AvgIpc) is 2.02. The third-order valence-corrected chi connectivity index (χ3v) is 1.19. The second-order valence-corrected chi connectivity index (χ2v) is 1.92. The van der Waals surface area contributed by atoms with Gasteiger partial charge in [0, 0.05) is 6.07 Å². The molecule has 2 nitrogen and oxygen atoms in total. The molecule has 0 aromatic heterocycles. The minimum absolute atomic E-state index is 0.0271. The Morgan fingerprint density at radius 1 is 1.00 bits per heavy atom. The van der Waals surface area contributed by atoms with Crippen molar-refractivity contribution >= 4 is 5.69 Å². The first-order valence-corrected chi connectivity index (χ1v) is 2.76. The zero-order valence-electron chi connectivity index (χ0n) is 5.48. The summed E-state index contributed by atoms with van der Waals surface area (Å²) in [5.41, 5.74) is -1.37. The third kappa shape index (κ3) is 1.09. The van der Waals surface area contributed by atoms with Crippen molar-refractivity contribution in [3.63, 3.8) is 0 Å². The van der Waals surface area contributed by atoms with E-state index in [1.807, 2.05) is 0 Å². The van der Waals surface area contributed by atoms with Gasteiger partial charge in [-0.2, -0.15) is 8.78 Å². The van der Waals surface area contributed by atoms with E-state index in [0.717, 1.165) is 0 Å². The molecule has 62 valence electrons. The zero-order chi connectivity index (χ0) is 9.30. The quantitative estimate of drug-likeness (QED) is 0.340. The summed E-state index contributed by atoms with van der Waals surface area (Å²) in [6.45, 7) is 0. The van der Waals surface area contributed by atoms with Gasteiger partial charge in [0.25, 0.3) is 11.6 Å². The molecule has 1 aromatic carbocycles. The van der Waals surface area contributed by atoms with Gasteiger partial charge in [-0.25, -0.2) is 8.78 Å². The highest BCUT2D eigenvalue weighted by molar-refractivity contribution is 5.47. The number of rotatable bonds is 0. The van der Waals surface area contributed by atoms with Gasteiger partial charge in [0.1, 0.15) is 0 Å². The monoisotopic (exact) mass is 177 g/mol. The molecule has 12 heavy (non-hydrogen) atoms. The molecular weight excluding hydrogens is 176 g/mol. The molecule has 0 bridgehead atoms. The molecule has 0 saturated heterocycles. The fraction of sp³-hybridized carbons (Fsp3) is 0. The maximum Gasteiger partial charge on any atom is 0.461 e. The number of benzene rings is 1. The van der Waals surface area contributed by atoms with Crippen LogP contribution >= 0.6 is 0 Å². The van der Waals surface area contributed by atoms with E-state index in [0.29, 0.717) is 0 Å². The summed E-state index contributed by atoms with van der Waals surface area (Å²) in [4.78, 5) is 2.06. The molecule has 1 aromatic rings. The van der Waals surface area contributed by atoms with E-state index in [4.69, 9.17) is 5.39 Å². The highest BCUT2D eigenvalue weighted by Gasteiger charge is 2.29. The fourth-order valence-corrected chi connectivity index (χ4v) is 0.648. The first-order valence-electron chi connectivity index (χ1n) is 2.76. The van der Waals surface area contributed by atoms with Crippen LogP contribution in [-0.4, -0.2) is 0 Å². The van der Waals surface area contributed by atoms with E-state index in [1.165, 1.54) is 0 Å². The summed E-state index contributed by atoms with van der Waals surface area (Å²) in [6.07, 6.45) is 0. The third-order valence-electron chi connectivity index (χ3n) is 1.19. The number of halogens is 4. The summed E-state index contributed by atoms with van der Waals surface area (Å²) in [6, 6.07) is 0.0271. The van der Waals surface area contributed by atoms with Crippen LogP contribution in [0.2, 0.25) is 0 Å². The minimum Gasteiger partial charge on any atom is -0.203 e. The van der Waals surface area contributed by atoms with Crippen molar-refractivity contribution in [3.05, 3.63) is 34.3 Å². The SMILES string of the molecule is N#[N+]c1c(F)c(F)cc(F)c1F. The molecule has 0 radical (unpaired) electrons. The Kier molecular flexibility index (Phi) is 1.95. The lowest BCUT2D eigenvalue weighted by Gasteiger charge is -1.90. The fourth-order valence-electron chi connectivity index (χ4n) is 0.648. The molecule has 6 heteroatoms. The van der Waals surface area contributed by atoms with Crippen molar-refractivity contribution in [1.82, 2.24) is 0 Å². The first kappa shape index (κ1) is 8.46. The molecule has 0 N–H and O–H groups in total. The molecule has 0 fully saturated rings. The second kappa shape index (κ2) is 2.77. The summed E-state index contributed by atoms with van der Waals surface area (Å²) in [7, 11) is 0. The van der Waals surface area contributed by atoms with Crippen LogP contribution in [0, 0.1) is 28.7 Å². The predicted molar refractivity (Wildman–Crippen MR) is 31.0 cm³/mol. The van der Waals surface area contributed by atoms with E-state index in [9.17, 15) is 17.6 Å². The number of diazo groups is 1. The van der Waals surface area contributed by atoms with E-state index in [1.54, 1.807) is 0 Å². The van der Waals surface area contributed by atoms with E-state index < -0.39 is 29.0 Å². The van der Waals surface area contributed by atoms with Crippen LogP contribution in [-0.2, 0) is 0 Å². The van der Waals surface area contributed by atoms with E-state index in [2.05, 4.69) is 4.98 Å². The molecule has 0 amide bonds. The molecule has 0 saturated carbocycles. The number of hydrogen-bond donors (Lipinski definition) is 0. The molecule has 0 atom stereocenters. The highest BCUT2D eigenvalue weighted by Crippen LogP contribution is 2.26. The van der Waals surface area contributed by atoms with Crippen molar-refractivity contribution in [2.24, 2.45) is 0 Å². The Hall–Kier alpha value is -1.64. The summed E-state index contributed by atoms with van der Waals surface area (Å²) in [5.74, 6) is -6.67. The molecule has 0 aliphatic rings. The van der Waals surface area contributed by atoms with Crippen LogP contribution in [0.5, 0.6) is 0 Å². The van der Waals surface area contributed by atoms with Gasteiger partial charge in [0.05, 0.1) is 0 Å². The van der Waals surface area contributed by atoms with Crippen LogP contribution in [0.4, 0.5) is 23.2 Å². The molecular formula is C6HF4N2+. The van der Waals surface area contributed by atoms with E-state index in [-0.39, 0.29) is 6.07 Å². The van der Waals surface area contributed by atoms with Crippen LogP contribution in [0.15, 0.2) is 6.07 Å². The number of hydrogen-bond acceptors (Lipinski definition) is 1. The molecule has 0 spiro atoms. The Bertz CT molecular complexity index is 343. The lowest BCUT2D eigenvalue weighted by atomic mass is 10.3. The predicted octanol–water partition coefficient (Wildman–Crippen LogP) is 2.73. The van der Waals surface area contributed by atoms with Crippen LogP contribution in [0.1, 0.15) is 0 Å². The maximum absolute atomic E-state index is 12.4. The molecule has 0 aliphatic heterocycles. The van der Waals surface area contributed by atoms with Crippen LogP contribution in [0.25, 0.3) is 4.98 Å². The van der Waals surface area contributed by atoms with Gasteiger partial charge >= 0.3 is 5.69 Å². The normalized spacial score (nSPS) is 9.58. The van der Waals surface area contributed by atoms with Crippen LogP contribution in [0.3, 0.4) is 0 Å². The second-order valence-electron chi connectivity index (χ2n) is 1.92. The van der Waals surface area contributed by atoms with Gasteiger partial charge in [0.2, 0.25) is 5.39 Å². The molecule has 0 aliphatic carbocycles. The first-order chi connectivity index (χ1) is 5.57. The largest absolute Gasteiger partial charge is 0.461 e. The van der Waals surface area contributed by atoms with Crippen molar-refractivity contribution in [1.29, 1.82) is 5.39 Å². The summed E-state index contributed by atoms with van der Waals surface area (Å²) in [5, 5.41) is 7.96. The molecule has 1 rings (SSSR count). The van der Waals surface area contributed by atoms with Gasteiger partial charge in [-0.1, -0.05) is 0 Å². The van der Waals surface area contributed by atoms with Crippen molar-refractivity contribution in [2.45, 2.75) is 0 Å². The van der Waals surface area contributed by atoms with Gasteiger partial charge in [-0.15, -0.1) is 0 Å². The van der Waals surface area contributed by atoms with Gasteiger partial charge in [-0.3, -0.25) is 0 Å². The Morgan fingerprint density at radius 3 is 1.75 bits per heavy atom. The van der Waals surface area contributed by atoms with Crippen LogP contribution < -0.4 is 0 Å². The Balaban J connectivity index is 3.56. The lowest BCUT2D eigenvalue weighted by Crippen LogP contribution is -1.92. The van der Waals surface area contributed by atoms with Crippen molar-refractivity contribution < 1.29 is 17.6 Å². The van der Waals surface area contributed by atoms with Gasteiger partial charge < -0.3 is 0 Å². The average molecular weight is 177 g/mol. The molecule has 0 unspecified atom stereocenters.